The van der Waals surface area contributed by atoms with Gasteiger partial charge in [-0.05, 0) is 31.0 Å². The average Bonchev–Trinajstić information content (AvgIpc) is 2.65. The van der Waals surface area contributed by atoms with E-state index in [9.17, 15) is 8.42 Å². The summed E-state index contributed by atoms with van der Waals surface area (Å²) in [5, 5.41) is 6.30. The topological polar surface area (TPSA) is 89.0 Å². The number of aliphatic imine (C=N–C) groups is 1. The van der Waals surface area contributed by atoms with Crippen molar-refractivity contribution in [2.45, 2.75) is 26.8 Å². The Morgan fingerprint density at radius 2 is 1.81 bits per heavy atom. The zero-order chi connectivity index (χ0) is 19.3. The molecule has 148 valence electrons. The van der Waals surface area contributed by atoms with E-state index in [-0.39, 0.29) is 11.5 Å². The van der Waals surface area contributed by atoms with Gasteiger partial charge in [0.15, 0.2) is 15.8 Å². The van der Waals surface area contributed by atoms with Crippen LogP contribution in [0.2, 0.25) is 0 Å². The highest BCUT2D eigenvalue weighted by Crippen LogP contribution is 2.11. The van der Waals surface area contributed by atoms with Crippen LogP contribution in [0, 0.1) is 0 Å². The molecule has 2 N–H and O–H groups in total. The van der Waals surface area contributed by atoms with Crippen LogP contribution in [-0.4, -0.2) is 59.3 Å². The summed E-state index contributed by atoms with van der Waals surface area (Å²) in [5.74, 6) is 1.64. The van der Waals surface area contributed by atoms with Gasteiger partial charge >= 0.3 is 0 Å². The monoisotopic (exact) mass is 385 g/mol. The second kappa shape index (κ2) is 12.5. The fraction of sp³-hybridized carbons (Fsp3) is 0.611. The summed E-state index contributed by atoms with van der Waals surface area (Å²) in [6.45, 7) is 6.52. The van der Waals surface area contributed by atoms with Gasteiger partial charge in [-0.3, -0.25) is 0 Å². The average molecular weight is 386 g/mol. The third kappa shape index (κ3) is 9.62. The van der Waals surface area contributed by atoms with E-state index in [1.54, 1.807) is 14.0 Å². The van der Waals surface area contributed by atoms with Crippen LogP contribution in [0.4, 0.5) is 0 Å². The Bertz CT molecular complexity index is 630. The van der Waals surface area contributed by atoms with Gasteiger partial charge in [0, 0.05) is 32.1 Å². The molecule has 0 aliphatic heterocycles. The normalized spacial score (nSPS) is 12.0. The van der Waals surface area contributed by atoms with Crippen molar-refractivity contribution in [2.24, 2.45) is 4.99 Å². The van der Waals surface area contributed by atoms with Gasteiger partial charge in [-0.25, -0.2) is 13.4 Å². The zero-order valence-corrected chi connectivity index (χ0v) is 16.8. The number of ether oxygens (including phenoxy) is 2. The van der Waals surface area contributed by atoms with Gasteiger partial charge < -0.3 is 20.1 Å². The lowest BCUT2D eigenvalue weighted by molar-refractivity contribution is 0.145. The first-order valence-electron chi connectivity index (χ1n) is 8.94. The Labute approximate surface area is 157 Å². The lowest BCUT2D eigenvalue weighted by Gasteiger charge is -2.13. The van der Waals surface area contributed by atoms with Gasteiger partial charge in [0.1, 0.15) is 5.75 Å². The Kier molecular flexibility index (Phi) is 10.7. The molecule has 8 heteroatoms. The number of hydrogen-bond donors (Lipinski definition) is 2. The van der Waals surface area contributed by atoms with Crippen LogP contribution in [0.1, 0.15) is 25.8 Å². The quantitative estimate of drug-likeness (QED) is 0.323. The van der Waals surface area contributed by atoms with Gasteiger partial charge in [0.2, 0.25) is 0 Å². The van der Waals surface area contributed by atoms with Crippen LogP contribution >= 0.6 is 0 Å². The molecular weight excluding hydrogens is 354 g/mol. The molecule has 0 atom stereocenters. The van der Waals surface area contributed by atoms with E-state index in [0.717, 1.165) is 17.7 Å². The van der Waals surface area contributed by atoms with Crippen LogP contribution in [0.5, 0.6) is 5.75 Å². The summed E-state index contributed by atoms with van der Waals surface area (Å²) in [6.07, 6.45) is 0.852. The minimum atomic E-state index is -3.00. The molecule has 0 fully saturated rings. The van der Waals surface area contributed by atoms with Crippen molar-refractivity contribution >= 4 is 15.8 Å². The van der Waals surface area contributed by atoms with Crippen LogP contribution in [0.15, 0.2) is 29.3 Å². The second-order valence-corrected chi connectivity index (χ2v) is 8.13. The molecule has 0 spiro atoms. The smallest absolute Gasteiger partial charge is 0.191 e. The molecule has 0 heterocycles. The maximum absolute atomic E-state index is 11.6. The Hall–Kier alpha value is -1.80. The molecule has 0 bridgehead atoms. The summed E-state index contributed by atoms with van der Waals surface area (Å²) < 4.78 is 33.7. The summed E-state index contributed by atoms with van der Waals surface area (Å²) in [5.41, 5.74) is 1.04. The van der Waals surface area contributed by atoms with Crippen molar-refractivity contribution < 1.29 is 17.9 Å². The molecule has 7 nitrogen and oxygen atoms in total. The number of methoxy groups -OCH3 is 1. The Morgan fingerprint density at radius 1 is 1.12 bits per heavy atom. The first-order chi connectivity index (χ1) is 12.5. The first kappa shape index (κ1) is 22.2. The molecule has 0 saturated carbocycles. The van der Waals surface area contributed by atoms with Gasteiger partial charge in [0.25, 0.3) is 0 Å². The molecule has 26 heavy (non-hydrogen) atoms. The first-order valence-corrected chi connectivity index (χ1v) is 10.8. The van der Waals surface area contributed by atoms with E-state index in [1.807, 2.05) is 31.2 Å². The fourth-order valence-electron chi connectivity index (χ4n) is 2.07. The number of sulfone groups is 1. The van der Waals surface area contributed by atoms with Crippen LogP contribution in [-0.2, 0) is 21.1 Å². The van der Waals surface area contributed by atoms with Crippen molar-refractivity contribution in [1.82, 2.24) is 10.6 Å². The third-order valence-electron chi connectivity index (χ3n) is 3.69. The predicted octanol–water partition coefficient (Wildman–Crippen LogP) is 1.59. The lowest BCUT2D eigenvalue weighted by Crippen LogP contribution is -2.40. The maximum Gasteiger partial charge on any atom is 0.191 e. The van der Waals surface area contributed by atoms with Crippen molar-refractivity contribution in [3.63, 3.8) is 0 Å². The van der Waals surface area contributed by atoms with Gasteiger partial charge in [-0.15, -0.1) is 0 Å². The van der Waals surface area contributed by atoms with Crippen molar-refractivity contribution in [3.05, 3.63) is 29.8 Å². The molecule has 0 amide bonds. The second-order valence-electron chi connectivity index (χ2n) is 5.65. The number of rotatable bonds is 12. The molecular formula is C18H31N3O4S. The van der Waals surface area contributed by atoms with Crippen LogP contribution < -0.4 is 15.4 Å². The number of hydrogen-bond acceptors (Lipinski definition) is 5. The summed E-state index contributed by atoms with van der Waals surface area (Å²) >= 11 is 0. The largest absolute Gasteiger partial charge is 0.497 e. The van der Waals surface area contributed by atoms with E-state index >= 15 is 0 Å². The minimum absolute atomic E-state index is 0.0890. The minimum Gasteiger partial charge on any atom is -0.497 e. The van der Waals surface area contributed by atoms with Crippen molar-refractivity contribution in [1.29, 1.82) is 0 Å². The van der Waals surface area contributed by atoms with E-state index in [2.05, 4.69) is 15.6 Å². The molecule has 0 aliphatic carbocycles. The Morgan fingerprint density at radius 3 is 2.42 bits per heavy atom. The molecule has 0 saturated heterocycles. The van der Waals surface area contributed by atoms with E-state index in [4.69, 9.17) is 9.47 Å². The number of benzene rings is 1. The van der Waals surface area contributed by atoms with E-state index in [0.29, 0.717) is 38.8 Å². The summed E-state index contributed by atoms with van der Waals surface area (Å²) in [4.78, 5) is 4.53. The lowest BCUT2D eigenvalue weighted by atomic mass is 10.2. The fourth-order valence-corrected chi connectivity index (χ4v) is 2.77. The standard InChI is InChI=1S/C18H31N3O4S/c1-4-25-13-6-11-19-18(20-12-14-26(22,23)5-2)21-15-16-7-9-17(24-3)10-8-16/h7-10H,4-6,11-15H2,1-3H3,(H2,19,20,21). The number of guanidine groups is 1. The number of nitrogens with one attached hydrogen (secondary N) is 2. The van der Waals surface area contributed by atoms with Crippen LogP contribution in [0.25, 0.3) is 0 Å². The molecule has 0 aromatic heterocycles. The van der Waals surface area contributed by atoms with Crippen LogP contribution in [0.3, 0.4) is 0 Å². The highest BCUT2D eigenvalue weighted by Gasteiger charge is 2.07. The molecule has 0 aliphatic rings. The predicted molar refractivity (Wildman–Crippen MR) is 106 cm³/mol. The van der Waals surface area contributed by atoms with E-state index < -0.39 is 9.84 Å². The van der Waals surface area contributed by atoms with Crippen molar-refractivity contribution in [3.8, 4) is 5.75 Å². The summed E-state index contributed by atoms with van der Waals surface area (Å²) in [7, 11) is -1.37. The van der Waals surface area contributed by atoms with Gasteiger partial charge in [-0.2, -0.15) is 0 Å². The molecule has 1 aromatic carbocycles. The van der Waals surface area contributed by atoms with Crippen molar-refractivity contribution in [2.75, 3.05) is 44.9 Å². The maximum atomic E-state index is 11.6. The SMILES string of the molecule is CCOCCCNC(=NCc1ccc(OC)cc1)NCCS(=O)(=O)CC. The highest BCUT2D eigenvalue weighted by atomic mass is 32.2. The van der Waals surface area contributed by atoms with Gasteiger partial charge in [-0.1, -0.05) is 19.1 Å². The zero-order valence-electron chi connectivity index (χ0n) is 16.0. The number of nitrogens with zero attached hydrogens (tertiary/aromatic N) is 1. The third-order valence-corrected chi connectivity index (χ3v) is 5.39. The van der Waals surface area contributed by atoms with Gasteiger partial charge in [0.05, 0.1) is 19.4 Å². The summed E-state index contributed by atoms with van der Waals surface area (Å²) in [6, 6.07) is 7.69. The Balaban J connectivity index is 2.58. The molecule has 0 unspecified atom stereocenters. The highest BCUT2D eigenvalue weighted by molar-refractivity contribution is 7.91. The molecule has 1 rings (SSSR count). The molecule has 0 radical (unpaired) electrons. The van der Waals surface area contributed by atoms with E-state index in [1.165, 1.54) is 0 Å². The molecule has 1 aromatic rings.